The molecule has 0 aromatic carbocycles. The second-order valence-corrected chi connectivity index (χ2v) is 9.12. The lowest BCUT2D eigenvalue weighted by atomic mass is 9.59. The normalized spacial score (nSPS) is 33.8. The van der Waals surface area contributed by atoms with E-state index in [0.717, 1.165) is 51.4 Å². The molecule has 0 unspecified atom stereocenters. The van der Waals surface area contributed by atoms with Crippen LogP contribution in [0.25, 0.3) is 0 Å². The number of aliphatic hydroxyl groups is 2. The van der Waals surface area contributed by atoms with Crippen LogP contribution in [0.15, 0.2) is 12.2 Å². The van der Waals surface area contributed by atoms with Gasteiger partial charge in [0.2, 0.25) is 0 Å². The van der Waals surface area contributed by atoms with E-state index in [0.29, 0.717) is 12.3 Å². The highest BCUT2D eigenvalue weighted by Gasteiger charge is 2.44. The summed E-state index contributed by atoms with van der Waals surface area (Å²) in [5.41, 5.74) is -0.0696. The highest BCUT2D eigenvalue weighted by molar-refractivity contribution is 5.84. The Morgan fingerprint density at radius 1 is 1.29 bits per heavy atom. The molecule has 0 spiro atoms. The molecular weight excluding hydrogens is 356 g/mol. The summed E-state index contributed by atoms with van der Waals surface area (Å²) in [6.45, 7) is 4.31. The van der Waals surface area contributed by atoms with Gasteiger partial charge in [0.05, 0.1) is 19.3 Å². The van der Waals surface area contributed by atoms with Crippen molar-refractivity contribution in [3.63, 3.8) is 0 Å². The molecule has 160 valence electrons. The van der Waals surface area contributed by atoms with Crippen LogP contribution in [0.1, 0.15) is 78.1 Å². The fourth-order valence-electron chi connectivity index (χ4n) is 4.94. The topological polar surface area (TPSA) is 83.8 Å². The van der Waals surface area contributed by atoms with Crippen molar-refractivity contribution in [1.29, 1.82) is 0 Å². The van der Waals surface area contributed by atoms with Gasteiger partial charge in [0.1, 0.15) is 5.78 Å². The van der Waals surface area contributed by atoms with Crippen LogP contribution in [-0.2, 0) is 14.3 Å². The van der Waals surface area contributed by atoms with Crippen molar-refractivity contribution in [3.8, 4) is 0 Å². The summed E-state index contributed by atoms with van der Waals surface area (Å²) >= 11 is 0. The monoisotopic (exact) mass is 394 g/mol. The molecule has 0 aliphatic heterocycles. The quantitative estimate of drug-likeness (QED) is 0.316. The van der Waals surface area contributed by atoms with Gasteiger partial charge in [0.25, 0.3) is 0 Å². The molecule has 0 saturated heterocycles. The van der Waals surface area contributed by atoms with Gasteiger partial charge >= 0.3 is 5.97 Å². The van der Waals surface area contributed by atoms with E-state index in [4.69, 9.17) is 0 Å². The molecule has 5 heteroatoms. The first-order valence-corrected chi connectivity index (χ1v) is 10.9. The van der Waals surface area contributed by atoms with E-state index in [9.17, 15) is 19.8 Å². The molecule has 0 heterocycles. The molecule has 0 aromatic rings. The minimum Gasteiger partial charge on any atom is -0.469 e. The molecule has 5 nitrogen and oxygen atoms in total. The van der Waals surface area contributed by atoms with Gasteiger partial charge in [-0.05, 0) is 37.0 Å². The number of ketones is 1. The zero-order valence-corrected chi connectivity index (χ0v) is 17.7. The van der Waals surface area contributed by atoms with Gasteiger partial charge in [-0.3, -0.25) is 9.59 Å². The van der Waals surface area contributed by atoms with E-state index in [1.807, 2.05) is 12.2 Å². The highest BCUT2D eigenvalue weighted by Crippen LogP contribution is 2.49. The van der Waals surface area contributed by atoms with Crippen molar-refractivity contribution >= 4 is 11.8 Å². The number of carbonyl (C=O) groups excluding carboxylic acids is 2. The molecule has 0 aromatic heterocycles. The van der Waals surface area contributed by atoms with Gasteiger partial charge in [-0.1, -0.05) is 51.7 Å². The molecule has 2 rings (SSSR count). The number of ether oxygens (including phenoxy) is 1. The van der Waals surface area contributed by atoms with Gasteiger partial charge in [0.15, 0.2) is 0 Å². The average Bonchev–Trinajstić information content (AvgIpc) is 2.92. The lowest BCUT2D eigenvalue weighted by Crippen LogP contribution is -2.43. The molecule has 0 amide bonds. The third kappa shape index (κ3) is 5.90. The number of hydrogen-bond donors (Lipinski definition) is 2. The van der Waals surface area contributed by atoms with Crippen molar-refractivity contribution in [3.05, 3.63) is 12.2 Å². The van der Waals surface area contributed by atoms with Crippen LogP contribution in [0.2, 0.25) is 0 Å². The van der Waals surface area contributed by atoms with Crippen LogP contribution in [0.5, 0.6) is 0 Å². The van der Waals surface area contributed by atoms with Crippen molar-refractivity contribution < 1.29 is 24.5 Å². The maximum Gasteiger partial charge on any atom is 0.305 e. The Hall–Kier alpha value is -1.20. The zero-order chi connectivity index (χ0) is 20.7. The van der Waals surface area contributed by atoms with Gasteiger partial charge in [-0.15, -0.1) is 0 Å². The van der Waals surface area contributed by atoms with Crippen LogP contribution in [0.4, 0.5) is 0 Å². The summed E-state index contributed by atoms with van der Waals surface area (Å²) < 4.78 is 4.63. The summed E-state index contributed by atoms with van der Waals surface area (Å²) in [4.78, 5) is 23.4. The Bertz CT molecular complexity index is 549. The molecule has 2 fully saturated rings. The molecule has 0 radical (unpaired) electrons. The van der Waals surface area contributed by atoms with E-state index in [1.54, 1.807) is 0 Å². The first-order chi connectivity index (χ1) is 13.3. The van der Waals surface area contributed by atoms with Gasteiger partial charge in [-0.2, -0.15) is 0 Å². The second-order valence-electron chi connectivity index (χ2n) is 9.12. The Morgan fingerprint density at radius 2 is 1.96 bits per heavy atom. The molecule has 4 atom stereocenters. The number of hydrogen-bond acceptors (Lipinski definition) is 5. The Labute approximate surface area is 169 Å². The number of methoxy groups -OCH3 is 1. The molecule has 2 aliphatic rings. The van der Waals surface area contributed by atoms with Crippen molar-refractivity contribution in [1.82, 2.24) is 0 Å². The van der Waals surface area contributed by atoms with Crippen LogP contribution in [-0.4, -0.2) is 41.3 Å². The standard InChI is InChI=1S/C23H38O5/c1-4-16-14-23(2,15-16)21(26)12-11-18-17(19(24)13-20(18)25)9-7-5-6-8-10-22(27)28-3/h11-12,16-18,20-21,25-26H,4-10,13-15H2,1-3H3/b12-11+/t16?,17-,18-,20-,21+,23?/m1/s1. The predicted octanol–water partition coefficient (Wildman–Crippen LogP) is 3.81. The SMILES string of the molecule is CCC1CC(C)([C@@H](O)/C=C/[C@H]2[C@H](O)CC(=O)[C@@H]2CCCCCCC(=O)OC)C1. The lowest BCUT2D eigenvalue weighted by molar-refractivity contribution is -0.140. The number of carbonyl (C=O) groups is 2. The van der Waals surface area contributed by atoms with Gasteiger partial charge in [0, 0.05) is 24.7 Å². The number of aliphatic hydroxyl groups excluding tert-OH is 2. The second kappa shape index (κ2) is 10.5. The molecular formula is C23H38O5. The maximum absolute atomic E-state index is 12.3. The molecule has 2 aliphatic carbocycles. The van der Waals surface area contributed by atoms with Crippen molar-refractivity contribution in [2.24, 2.45) is 23.2 Å². The fraction of sp³-hybridized carbons (Fsp3) is 0.826. The number of unbranched alkanes of at least 4 members (excludes halogenated alkanes) is 3. The van der Waals surface area contributed by atoms with Crippen molar-refractivity contribution in [2.75, 3.05) is 7.11 Å². The maximum atomic E-state index is 12.3. The molecule has 28 heavy (non-hydrogen) atoms. The summed E-state index contributed by atoms with van der Waals surface area (Å²) in [6.07, 6.45) is 10.8. The zero-order valence-electron chi connectivity index (χ0n) is 17.7. The van der Waals surface area contributed by atoms with Gasteiger partial charge < -0.3 is 14.9 Å². The molecule has 0 bridgehead atoms. The number of Topliss-reactive ketones (excluding diaryl/α,β-unsaturated/α-hetero) is 1. The van der Waals surface area contributed by atoms with E-state index in [1.165, 1.54) is 7.11 Å². The average molecular weight is 395 g/mol. The van der Waals surface area contributed by atoms with E-state index < -0.39 is 12.2 Å². The minimum absolute atomic E-state index is 0.0696. The van der Waals surface area contributed by atoms with Gasteiger partial charge in [-0.25, -0.2) is 0 Å². The minimum atomic E-state index is -0.641. The molecule has 2 saturated carbocycles. The summed E-state index contributed by atoms with van der Waals surface area (Å²) in [6, 6.07) is 0. The van der Waals surface area contributed by atoms with E-state index in [2.05, 4.69) is 18.6 Å². The fourth-order valence-corrected chi connectivity index (χ4v) is 4.94. The third-order valence-corrected chi connectivity index (χ3v) is 6.92. The summed E-state index contributed by atoms with van der Waals surface area (Å²) in [5, 5.41) is 20.9. The Balaban J connectivity index is 1.79. The summed E-state index contributed by atoms with van der Waals surface area (Å²) in [7, 11) is 1.40. The first-order valence-electron chi connectivity index (χ1n) is 10.9. The van der Waals surface area contributed by atoms with E-state index >= 15 is 0 Å². The van der Waals surface area contributed by atoms with Crippen LogP contribution >= 0.6 is 0 Å². The van der Waals surface area contributed by atoms with Crippen LogP contribution in [0, 0.1) is 23.2 Å². The smallest absolute Gasteiger partial charge is 0.305 e. The van der Waals surface area contributed by atoms with Crippen LogP contribution in [0.3, 0.4) is 0 Å². The number of esters is 1. The number of rotatable bonds is 11. The first kappa shape index (κ1) is 23.1. The van der Waals surface area contributed by atoms with Crippen molar-refractivity contribution in [2.45, 2.75) is 90.3 Å². The largest absolute Gasteiger partial charge is 0.469 e. The Kier molecular flexibility index (Phi) is 8.69. The third-order valence-electron chi connectivity index (χ3n) is 6.92. The predicted molar refractivity (Wildman–Crippen MR) is 109 cm³/mol. The molecule has 2 N–H and O–H groups in total. The summed E-state index contributed by atoms with van der Waals surface area (Å²) in [5.74, 6) is 0.313. The lowest BCUT2D eigenvalue weighted by Gasteiger charge is -2.47. The van der Waals surface area contributed by atoms with Crippen LogP contribution < -0.4 is 0 Å². The highest BCUT2D eigenvalue weighted by atomic mass is 16.5. The Morgan fingerprint density at radius 3 is 2.61 bits per heavy atom. The van der Waals surface area contributed by atoms with E-state index in [-0.39, 0.29) is 35.4 Å².